The molecule has 2 N–H and O–H groups in total. The molecule has 4 aromatic rings. The number of H-pyrrole nitrogens is 1. The molecule has 0 radical (unpaired) electrons. The molecule has 5 heteroatoms. The van der Waals surface area contributed by atoms with Crippen molar-refractivity contribution >= 4 is 11.0 Å². The second-order valence-electron chi connectivity index (χ2n) is 7.97. The molecule has 1 heterocycles. The third-order valence-electron chi connectivity index (χ3n) is 5.32. The van der Waals surface area contributed by atoms with Gasteiger partial charge in [-0.3, -0.25) is 0 Å². The van der Waals surface area contributed by atoms with Crippen LogP contribution < -0.4 is 14.8 Å². The van der Waals surface area contributed by atoms with E-state index >= 15 is 0 Å². The van der Waals surface area contributed by atoms with Gasteiger partial charge in [0.25, 0.3) is 0 Å². The zero-order valence-corrected chi connectivity index (χ0v) is 18.9. The van der Waals surface area contributed by atoms with E-state index in [1.807, 2.05) is 31.2 Å². The van der Waals surface area contributed by atoms with E-state index in [-0.39, 0.29) is 0 Å². The Hall–Kier alpha value is -3.31. The maximum Gasteiger partial charge on any atom is 0.161 e. The quantitative estimate of drug-likeness (QED) is 0.306. The highest BCUT2D eigenvalue weighted by Crippen LogP contribution is 2.29. The first-order valence-electron chi connectivity index (χ1n) is 11.3. The van der Waals surface area contributed by atoms with E-state index in [0.717, 1.165) is 59.9 Å². The predicted octanol–water partition coefficient (Wildman–Crippen LogP) is 5.57. The van der Waals surface area contributed by atoms with Crippen LogP contribution >= 0.6 is 0 Å². The van der Waals surface area contributed by atoms with Crippen LogP contribution in [-0.2, 0) is 19.6 Å². The molecule has 32 heavy (non-hydrogen) atoms. The number of ether oxygens (including phenoxy) is 2. The Bertz CT molecular complexity index is 1120. The smallest absolute Gasteiger partial charge is 0.161 e. The number of fused-ring (bicyclic) bond motifs is 1. The summed E-state index contributed by atoms with van der Waals surface area (Å²) >= 11 is 0. The molecule has 0 unspecified atom stereocenters. The van der Waals surface area contributed by atoms with Crippen molar-refractivity contribution in [2.24, 2.45) is 0 Å². The lowest BCUT2D eigenvalue weighted by Crippen LogP contribution is -2.15. The fraction of sp³-hybridized carbons (Fsp3) is 0.296. The monoisotopic (exact) mass is 429 g/mol. The van der Waals surface area contributed by atoms with Crippen LogP contribution in [0.1, 0.15) is 35.9 Å². The number of hydrogen-bond donors (Lipinski definition) is 2. The van der Waals surface area contributed by atoms with Crippen molar-refractivity contribution < 1.29 is 9.47 Å². The van der Waals surface area contributed by atoms with Crippen LogP contribution in [0.5, 0.6) is 11.5 Å². The summed E-state index contributed by atoms with van der Waals surface area (Å²) in [6.07, 6.45) is 1.95. The third-order valence-corrected chi connectivity index (χ3v) is 5.32. The molecule has 0 saturated carbocycles. The summed E-state index contributed by atoms with van der Waals surface area (Å²) in [5, 5.41) is 3.52. The van der Waals surface area contributed by atoms with Gasteiger partial charge in [0.05, 0.1) is 17.6 Å². The topological polar surface area (TPSA) is 59.2 Å². The molecular weight excluding hydrogens is 398 g/mol. The van der Waals surface area contributed by atoms with Crippen LogP contribution in [0.2, 0.25) is 0 Å². The number of rotatable bonds is 11. The molecule has 0 saturated heterocycles. The van der Waals surface area contributed by atoms with Crippen LogP contribution in [0.3, 0.4) is 0 Å². The van der Waals surface area contributed by atoms with Gasteiger partial charge in [-0.1, -0.05) is 48.0 Å². The van der Waals surface area contributed by atoms with Gasteiger partial charge in [0, 0.05) is 13.0 Å². The normalized spacial score (nSPS) is 11.1. The Morgan fingerprint density at radius 1 is 0.906 bits per heavy atom. The highest BCUT2D eigenvalue weighted by Gasteiger charge is 2.08. The lowest BCUT2D eigenvalue weighted by atomic mass is 10.1. The van der Waals surface area contributed by atoms with Crippen molar-refractivity contribution in [1.82, 2.24) is 15.3 Å². The van der Waals surface area contributed by atoms with Gasteiger partial charge in [-0.2, -0.15) is 0 Å². The highest BCUT2D eigenvalue weighted by molar-refractivity contribution is 5.74. The minimum atomic E-state index is 0.529. The van der Waals surface area contributed by atoms with Crippen LogP contribution in [0.25, 0.3) is 11.0 Å². The average molecular weight is 430 g/mol. The first-order valence-corrected chi connectivity index (χ1v) is 11.3. The first kappa shape index (κ1) is 21.9. The maximum atomic E-state index is 6.05. The Morgan fingerprint density at radius 2 is 1.81 bits per heavy atom. The second-order valence-corrected chi connectivity index (χ2v) is 7.97. The molecule has 0 aliphatic rings. The molecule has 0 bridgehead atoms. The van der Waals surface area contributed by atoms with Gasteiger partial charge in [0.1, 0.15) is 12.4 Å². The minimum absolute atomic E-state index is 0.529. The van der Waals surface area contributed by atoms with Crippen molar-refractivity contribution in [3.63, 3.8) is 0 Å². The molecular formula is C27H31N3O2. The molecule has 5 nitrogen and oxygen atoms in total. The molecule has 0 atom stereocenters. The number of aromatic amines is 1. The summed E-state index contributed by atoms with van der Waals surface area (Å²) in [6, 6.07) is 22.7. The SMILES string of the molecule is CCOc1cc(CNCCCc2nc3ccccc3[nH]2)ccc1OCc1cccc(C)c1. The summed E-state index contributed by atoms with van der Waals surface area (Å²) in [5.41, 5.74) is 5.70. The number of aryl methyl sites for hydroxylation is 2. The summed E-state index contributed by atoms with van der Waals surface area (Å²) in [5.74, 6) is 2.62. The molecule has 166 valence electrons. The first-order chi connectivity index (χ1) is 15.7. The lowest BCUT2D eigenvalue weighted by molar-refractivity contribution is 0.269. The molecule has 1 aromatic heterocycles. The van der Waals surface area contributed by atoms with Gasteiger partial charge >= 0.3 is 0 Å². The minimum Gasteiger partial charge on any atom is -0.490 e. The summed E-state index contributed by atoms with van der Waals surface area (Å²) in [6.45, 7) is 6.93. The van der Waals surface area contributed by atoms with E-state index in [1.54, 1.807) is 0 Å². The third kappa shape index (κ3) is 5.89. The number of imidazole rings is 1. The number of hydrogen-bond acceptors (Lipinski definition) is 4. The van der Waals surface area contributed by atoms with E-state index in [9.17, 15) is 0 Å². The van der Waals surface area contributed by atoms with Gasteiger partial charge in [0.15, 0.2) is 11.5 Å². The van der Waals surface area contributed by atoms with Gasteiger partial charge in [0.2, 0.25) is 0 Å². The maximum absolute atomic E-state index is 6.05. The van der Waals surface area contributed by atoms with Crippen molar-refractivity contribution in [3.8, 4) is 11.5 Å². The van der Waals surface area contributed by atoms with Gasteiger partial charge in [-0.25, -0.2) is 4.98 Å². The van der Waals surface area contributed by atoms with Crippen molar-refractivity contribution in [2.75, 3.05) is 13.2 Å². The van der Waals surface area contributed by atoms with Gasteiger partial charge in [-0.05, 0) is 62.2 Å². The predicted molar refractivity (Wildman–Crippen MR) is 129 cm³/mol. The highest BCUT2D eigenvalue weighted by atomic mass is 16.5. The average Bonchev–Trinajstić information content (AvgIpc) is 3.21. The number of nitrogens with zero attached hydrogens (tertiary/aromatic N) is 1. The Morgan fingerprint density at radius 3 is 2.66 bits per heavy atom. The van der Waals surface area contributed by atoms with E-state index in [2.05, 4.69) is 64.7 Å². The van der Waals surface area contributed by atoms with Crippen molar-refractivity contribution in [3.05, 3.63) is 89.2 Å². The Kier molecular flexibility index (Phi) is 7.41. The number of benzene rings is 3. The Balaban J connectivity index is 1.27. The summed E-state index contributed by atoms with van der Waals surface area (Å²) < 4.78 is 11.9. The molecule has 0 spiro atoms. The van der Waals surface area contributed by atoms with Gasteiger partial charge in [-0.15, -0.1) is 0 Å². The lowest BCUT2D eigenvalue weighted by Gasteiger charge is -2.14. The molecule has 0 fully saturated rings. The standard InChI is InChI=1S/C27H31N3O2/c1-3-31-26-17-21(13-14-25(26)32-19-22-9-6-8-20(2)16-22)18-28-15-7-12-27-29-23-10-4-5-11-24(23)30-27/h4-6,8-11,13-14,16-17,28H,3,7,12,15,18-19H2,1-2H3,(H,29,30). The van der Waals surface area contributed by atoms with Crippen LogP contribution in [-0.4, -0.2) is 23.1 Å². The fourth-order valence-electron chi connectivity index (χ4n) is 3.75. The van der Waals surface area contributed by atoms with Gasteiger partial charge < -0.3 is 19.8 Å². The zero-order chi connectivity index (χ0) is 22.2. The van der Waals surface area contributed by atoms with Crippen LogP contribution in [0, 0.1) is 6.92 Å². The van der Waals surface area contributed by atoms with Crippen molar-refractivity contribution in [2.45, 2.75) is 39.8 Å². The molecule has 0 aliphatic carbocycles. The largest absolute Gasteiger partial charge is 0.490 e. The van der Waals surface area contributed by atoms with E-state index in [0.29, 0.717) is 13.2 Å². The molecule has 3 aromatic carbocycles. The molecule has 4 rings (SSSR count). The zero-order valence-electron chi connectivity index (χ0n) is 18.9. The number of aromatic nitrogens is 2. The number of nitrogens with one attached hydrogen (secondary N) is 2. The van der Waals surface area contributed by atoms with E-state index < -0.39 is 0 Å². The fourth-order valence-corrected chi connectivity index (χ4v) is 3.75. The summed E-state index contributed by atoms with van der Waals surface area (Å²) in [7, 11) is 0. The molecule has 0 amide bonds. The second kappa shape index (κ2) is 10.8. The number of para-hydroxylation sites is 2. The van der Waals surface area contributed by atoms with Crippen LogP contribution in [0.15, 0.2) is 66.7 Å². The van der Waals surface area contributed by atoms with Crippen molar-refractivity contribution in [1.29, 1.82) is 0 Å². The molecule has 0 aliphatic heterocycles. The Labute approximate surface area is 189 Å². The van der Waals surface area contributed by atoms with E-state index in [4.69, 9.17) is 9.47 Å². The summed E-state index contributed by atoms with van der Waals surface area (Å²) in [4.78, 5) is 8.03. The van der Waals surface area contributed by atoms with E-state index in [1.165, 1.54) is 11.1 Å². The van der Waals surface area contributed by atoms with Crippen LogP contribution in [0.4, 0.5) is 0 Å².